The highest BCUT2D eigenvalue weighted by Gasteiger charge is 2.31. The van der Waals surface area contributed by atoms with Crippen LogP contribution in [0.2, 0.25) is 0 Å². The highest BCUT2D eigenvalue weighted by Crippen LogP contribution is 2.37. The summed E-state index contributed by atoms with van der Waals surface area (Å²) >= 11 is 1.32. The van der Waals surface area contributed by atoms with E-state index in [0.717, 1.165) is 20.7 Å². The molecule has 0 saturated carbocycles. The maximum Gasteiger partial charge on any atom is 0.278 e. The number of hydrogen-bond donors (Lipinski definition) is 1. The van der Waals surface area contributed by atoms with Crippen molar-refractivity contribution < 1.29 is 13.2 Å². The molecular formula is C27H22N6O4S2. The van der Waals surface area contributed by atoms with Crippen LogP contribution in [-0.4, -0.2) is 40.8 Å². The number of carbonyl (C=O) groups is 1. The molecule has 6 rings (SSSR count). The van der Waals surface area contributed by atoms with Crippen molar-refractivity contribution in [3.05, 3.63) is 93.6 Å². The summed E-state index contributed by atoms with van der Waals surface area (Å²) in [6.45, 7) is 1.97. The average molecular weight is 559 g/mol. The molecule has 0 atom stereocenters. The largest absolute Gasteiger partial charge is 0.300 e. The van der Waals surface area contributed by atoms with Gasteiger partial charge in [0.25, 0.3) is 15.6 Å². The Morgan fingerprint density at radius 3 is 2.64 bits per heavy atom. The number of nitrogens with one attached hydrogen (secondary N) is 1. The Morgan fingerprint density at radius 1 is 1.05 bits per heavy atom. The van der Waals surface area contributed by atoms with Gasteiger partial charge in [-0.3, -0.25) is 13.9 Å². The topological polar surface area (TPSA) is 127 Å². The highest BCUT2D eigenvalue weighted by atomic mass is 32.2. The van der Waals surface area contributed by atoms with Crippen LogP contribution >= 0.6 is 11.3 Å². The molecule has 3 aromatic carbocycles. The van der Waals surface area contributed by atoms with E-state index in [-0.39, 0.29) is 11.4 Å². The molecule has 0 aliphatic carbocycles. The molecule has 0 spiro atoms. The van der Waals surface area contributed by atoms with Gasteiger partial charge in [-0.2, -0.15) is 0 Å². The third-order valence-electron chi connectivity index (χ3n) is 6.50. The first-order chi connectivity index (χ1) is 18.8. The Balaban J connectivity index is 1.21. The van der Waals surface area contributed by atoms with Gasteiger partial charge in [-0.25, -0.2) is 18.1 Å². The molecule has 0 radical (unpaired) electrons. The van der Waals surface area contributed by atoms with Gasteiger partial charge < -0.3 is 5.32 Å². The van der Waals surface area contributed by atoms with Gasteiger partial charge in [-0.15, -0.1) is 16.4 Å². The number of aryl methyl sites for hydroxylation is 1. The number of amides is 1. The van der Waals surface area contributed by atoms with Crippen molar-refractivity contribution in [3.63, 3.8) is 0 Å². The molecule has 39 heavy (non-hydrogen) atoms. The summed E-state index contributed by atoms with van der Waals surface area (Å²) in [7, 11) is -3.65. The maximum absolute atomic E-state index is 13.2. The van der Waals surface area contributed by atoms with Crippen molar-refractivity contribution in [3.8, 4) is 11.3 Å². The quantitative estimate of drug-likeness (QED) is 0.337. The lowest BCUT2D eigenvalue weighted by molar-refractivity contribution is -0.117. The molecule has 0 fully saturated rings. The smallest absolute Gasteiger partial charge is 0.278 e. The van der Waals surface area contributed by atoms with E-state index in [0.29, 0.717) is 40.4 Å². The molecule has 0 saturated heterocycles. The van der Waals surface area contributed by atoms with Crippen molar-refractivity contribution in [2.75, 3.05) is 16.2 Å². The molecule has 196 valence electrons. The van der Waals surface area contributed by atoms with Crippen molar-refractivity contribution in [1.29, 1.82) is 0 Å². The number of nitrogens with zero attached hydrogens (tertiary/aromatic N) is 5. The first-order valence-electron chi connectivity index (χ1n) is 12.1. The van der Waals surface area contributed by atoms with Crippen LogP contribution in [0.3, 0.4) is 0 Å². The summed E-state index contributed by atoms with van der Waals surface area (Å²) in [6.07, 6.45) is 0.587. The number of carbonyl (C=O) groups excluding carboxylic acids is 1. The van der Waals surface area contributed by atoms with Crippen molar-refractivity contribution in [2.24, 2.45) is 0 Å². The Morgan fingerprint density at radius 2 is 1.82 bits per heavy atom. The van der Waals surface area contributed by atoms with E-state index < -0.39 is 21.5 Å². The molecule has 1 N–H and O–H groups in total. The van der Waals surface area contributed by atoms with Gasteiger partial charge in [0.15, 0.2) is 5.13 Å². The zero-order valence-corrected chi connectivity index (χ0v) is 22.4. The van der Waals surface area contributed by atoms with Gasteiger partial charge in [0.2, 0.25) is 5.91 Å². The Hall–Kier alpha value is -4.42. The molecule has 10 nitrogen and oxygen atoms in total. The molecule has 12 heteroatoms. The zero-order chi connectivity index (χ0) is 27.1. The van der Waals surface area contributed by atoms with Crippen molar-refractivity contribution in [1.82, 2.24) is 20.0 Å². The maximum atomic E-state index is 13.2. The monoisotopic (exact) mass is 558 g/mol. The Labute approximate surface area is 227 Å². The summed E-state index contributed by atoms with van der Waals surface area (Å²) < 4.78 is 28.8. The lowest BCUT2D eigenvalue weighted by Gasteiger charge is -2.19. The van der Waals surface area contributed by atoms with Crippen LogP contribution in [0.1, 0.15) is 10.4 Å². The van der Waals surface area contributed by atoms with Crippen molar-refractivity contribution >= 4 is 49.0 Å². The third kappa shape index (κ3) is 4.57. The summed E-state index contributed by atoms with van der Waals surface area (Å²) in [5, 5.41) is 11.4. The highest BCUT2D eigenvalue weighted by molar-refractivity contribution is 7.92. The lowest BCUT2D eigenvalue weighted by atomic mass is 10.1. The van der Waals surface area contributed by atoms with E-state index in [1.54, 1.807) is 60.7 Å². The van der Waals surface area contributed by atoms with Gasteiger partial charge in [0.05, 0.1) is 21.7 Å². The number of anilines is 2. The predicted molar refractivity (Wildman–Crippen MR) is 149 cm³/mol. The molecule has 0 unspecified atom stereocenters. The van der Waals surface area contributed by atoms with Crippen molar-refractivity contribution in [2.45, 2.75) is 24.8 Å². The standard InChI is InChI=1S/C27H22N6O4S2/c1-17-25(19-11-12-23-18(15-19)13-14-33(23)39(36,37)20-7-3-2-4-8-20)29-27(38-17)28-24(34)16-32-26(35)21-9-5-6-10-22(21)30-31-32/h2-12,15H,13-14,16H2,1H3,(H,28,29,34). The number of sulfonamides is 1. The molecule has 5 aromatic rings. The molecule has 3 heterocycles. The van der Waals surface area contributed by atoms with E-state index in [4.69, 9.17) is 0 Å². The second-order valence-corrected chi connectivity index (χ2v) is 12.1. The second-order valence-electron chi connectivity index (χ2n) is 9.03. The molecular weight excluding hydrogens is 536 g/mol. The van der Waals surface area contributed by atoms with Crippen LogP contribution in [0.25, 0.3) is 22.2 Å². The normalized spacial score (nSPS) is 13.0. The van der Waals surface area contributed by atoms with Gasteiger partial charge in [0, 0.05) is 17.0 Å². The molecule has 2 aromatic heterocycles. The Bertz CT molecular complexity index is 1900. The van der Waals surface area contributed by atoms with Crippen LogP contribution in [0.4, 0.5) is 10.8 Å². The number of fused-ring (bicyclic) bond motifs is 2. The van der Waals surface area contributed by atoms with Gasteiger partial charge in [-0.1, -0.05) is 41.6 Å². The fourth-order valence-corrected chi connectivity index (χ4v) is 7.00. The van der Waals surface area contributed by atoms with Gasteiger partial charge in [0.1, 0.15) is 12.1 Å². The molecule has 1 amide bonds. The zero-order valence-electron chi connectivity index (χ0n) is 20.7. The number of thiazole rings is 1. The second kappa shape index (κ2) is 9.71. The fourth-order valence-electron chi connectivity index (χ4n) is 4.63. The van der Waals surface area contributed by atoms with E-state index in [9.17, 15) is 18.0 Å². The minimum absolute atomic E-state index is 0.259. The average Bonchev–Trinajstić information content (AvgIpc) is 3.54. The minimum atomic E-state index is -3.65. The van der Waals surface area contributed by atoms with E-state index in [2.05, 4.69) is 20.6 Å². The van der Waals surface area contributed by atoms with E-state index >= 15 is 0 Å². The van der Waals surface area contributed by atoms with Gasteiger partial charge >= 0.3 is 0 Å². The van der Waals surface area contributed by atoms with Crippen LogP contribution in [0.5, 0.6) is 0 Å². The van der Waals surface area contributed by atoms with Crippen LogP contribution < -0.4 is 15.2 Å². The van der Waals surface area contributed by atoms with E-state index in [1.165, 1.54) is 15.6 Å². The third-order valence-corrected chi connectivity index (χ3v) is 9.22. The van der Waals surface area contributed by atoms with Crippen LogP contribution in [0, 0.1) is 6.92 Å². The first-order valence-corrected chi connectivity index (χ1v) is 14.4. The number of rotatable bonds is 6. The van der Waals surface area contributed by atoms with E-state index in [1.807, 2.05) is 19.1 Å². The van der Waals surface area contributed by atoms with Gasteiger partial charge in [-0.05, 0) is 55.3 Å². The summed E-state index contributed by atoms with van der Waals surface area (Å²) in [5.41, 5.74) is 3.18. The minimum Gasteiger partial charge on any atom is -0.300 e. The van der Waals surface area contributed by atoms with Crippen LogP contribution in [-0.2, 0) is 27.8 Å². The number of benzene rings is 3. The summed E-state index contributed by atoms with van der Waals surface area (Å²) in [4.78, 5) is 31.1. The first kappa shape index (κ1) is 24.9. The molecule has 0 bridgehead atoms. The SMILES string of the molecule is Cc1sc(NC(=O)Cn2nnc3ccccc3c2=O)nc1-c1ccc2c(c1)CCN2S(=O)(=O)c1ccccc1. The fraction of sp³-hybridized carbons (Fsp3) is 0.148. The summed E-state index contributed by atoms with van der Waals surface area (Å²) in [6, 6.07) is 20.8. The number of hydrogen-bond acceptors (Lipinski definition) is 8. The van der Waals surface area contributed by atoms with Crippen LogP contribution in [0.15, 0.2) is 82.5 Å². The lowest BCUT2D eigenvalue weighted by Crippen LogP contribution is -2.30. The summed E-state index contributed by atoms with van der Waals surface area (Å²) in [5.74, 6) is -0.447. The predicted octanol–water partition coefficient (Wildman–Crippen LogP) is 3.61. The molecule has 1 aliphatic rings. The number of aromatic nitrogens is 4. The molecule has 1 aliphatic heterocycles. The Kier molecular flexibility index (Phi) is 6.20.